The van der Waals surface area contributed by atoms with Crippen LogP contribution in [0.4, 0.5) is 0 Å². The lowest BCUT2D eigenvalue weighted by atomic mass is 9.93. The first-order chi connectivity index (χ1) is 13.8. The number of aromatic nitrogens is 1. The largest absolute Gasteiger partial charge is 0.361 e. The van der Waals surface area contributed by atoms with Crippen LogP contribution in [-0.4, -0.2) is 35.4 Å². The number of para-hydroxylation sites is 1. The zero-order valence-corrected chi connectivity index (χ0v) is 16.4. The molecule has 2 aromatic carbocycles. The number of carbonyl (C=O) groups excluding carboxylic acids is 1. The summed E-state index contributed by atoms with van der Waals surface area (Å²) in [5, 5.41) is 4.26. The molecular weight excluding hydrogens is 346 g/mol. The van der Waals surface area contributed by atoms with Crippen LogP contribution in [0.5, 0.6) is 0 Å². The Morgan fingerprint density at radius 1 is 1.04 bits per heavy atom. The zero-order chi connectivity index (χ0) is 19.2. The van der Waals surface area contributed by atoms with Crippen LogP contribution < -0.4 is 5.32 Å². The molecule has 146 valence electrons. The van der Waals surface area contributed by atoms with Crippen molar-refractivity contribution in [3.8, 4) is 0 Å². The molecule has 1 aromatic heterocycles. The van der Waals surface area contributed by atoms with Gasteiger partial charge in [0.05, 0.1) is 6.42 Å². The van der Waals surface area contributed by atoms with E-state index in [-0.39, 0.29) is 5.91 Å². The molecule has 1 fully saturated rings. The van der Waals surface area contributed by atoms with Gasteiger partial charge in [-0.2, -0.15) is 0 Å². The second-order valence-electron chi connectivity index (χ2n) is 7.88. The van der Waals surface area contributed by atoms with Crippen LogP contribution in [-0.2, 0) is 17.8 Å². The SMILES string of the molecule is O=C(Cc1c[nH]c2ccccc12)NCCC1CCN(Cc2ccccc2)CC1. The molecule has 0 atom stereocenters. The number of nitrogens with one attached hydrogen (secondary N) is 2. The molecule has 0 aliphatic carbocycles. The highest BCUT2D eigenvalue weighted by molar-refractivity contribution is 5.88. The molecule has 0 unspecified atom stereocenters. The lowest BCUT2D eigenvalue weighted by Gasteiger charge is -2.32. The highest BCUT2D eigenvalue weighted by Crippen LogP contribution is 2.22. The van der Waals surface area contributed by atoms with Crippen LogP contribution in [0.1, 0.15) is 30.4 Å². The van der Waals surface area contributed by atoms with Gasteiger partial charge in [0.2, 0.25) is 5.91 Å². The highest BCUT2D eigenvalue weighted by Gasteiger charge is 2.19. The molecule has 3 aromatic rings. The maximum Gasteiger partial charge on any atom is 0.224 e. The van der Waals surface area contributed by atoms with E-state index in [0.717, 1.165) is 55.0 Å². The van der Waals surface area contributed by atoms with Crippen LogP contribution in [0, 0.1) is 5.92 Å². The third kappa shape index (κ3) is 4.82. The minimum atomic E-state index is 0.117. The number of likely N-dealkylation sites (tertiary alicyclic amines) is 1. The molecule has 1 saturated heterocycles. The van der Waals surface area contributed by atoms with Crippen molar-refractivity contribution in [3.63, 3.8) is 0 Å². The summed E-state index contributed by atoms with van der Waals surface area (Å²) < 4.78 is 0. The predicted octanol–water partition coefficient (Wildman–Crippen LogP) is 4.13. The second kappa shape index (κ2) is 9.07. The maximum atomic E-state index is 12.3. The van der Waals surface area contributed by atoms with E-state index in [2.05, 4.69) is 51.6 Å². The molecule has 4 heteroatoms. The first-order valence-corrected chi connectivity index (χ1v) is 10.4. The van der Waals surface area contributed by atoms with Crippen molar-refractivity contribution in [3.05, 3.63) is 71.9 Å². The number of H-pyrrole nitrogens is 1. The number of amides is 1. The zero-order valence-electron chi connectivity index (χ0n) is 16.4. The van der Waals surface area contributed by atoms with Gasteiger partial charge < -0.3 is 10.3 Å². The number of fused-ring (bicyclic) bond motifs is 1. The Kier molecular flexibility index (Phi) is 6.07. The number of benzene rings is 2. The van der Waals surface area contributed by atoms with Crippen molar-refractivity contribution in [2.45, 2.75) is 32.2 Å². The fourth-order valence-corrected chi connectivity index (χ4v) is 4.20. The Labute approximate surface area is 166 Å². The van der Waals surface area contributed by atoms with Gasteiger partial charge >= 0.3 is 0 Å². The molecule has 0 radical (unpaired) electrons. The molecule has 1 amide bonds. The van der Waals surface area contributed by atoms with Crippen LogP contribution in [0.2, 0.25) is 0 Å². The number of piperidine rings is 1. The summed E-state index contributed by atoms with van der Waals surface area (Å²) in [7, 11) is 0. The predicted molar refractivity (Wildman–Crippen MR) is 114 cm³/mol. The topological polar surface area (TPSA) is 48.1 Å². The number of nitrogens with zero attached hydrogens (tertiary/aromatic N) is 1. The minimum absolute atomic E-state index is 0.117. The van der Waals surface area contributed by atoms with Gasteiger partial charge in [-0.1, -0.05) is 48.5 Å². The van der Waals surface area contributed by atoms with E-state index in [1.54, 1.807) is 0 Å². The van der Waals surface area contributed by atoms with Crippen LogP contribution >= 0.6 is 0 Å². The van der Waals surface area contributed by atoms with Gasteiger partial charge in [0, 0.05) is 30.2 Å². The van der Waals surface area contributed by atoms with E-state index in [9.17, 15) is 4.79 Å². The first-order valence-electron chi connectivity index (χ1n) is 10.4. The monoisotopic (exact) mass is 375 g/mol. The summed E-state index contributed by atoms with van der Waals surface area (Å²) in [4.78, 5) is 18.1. The molecule has 4 nitrogen and oxygen atoms in total. The summed E-state index contributed by atoms with van der Waals surface area (Å²) in [6.07, 6.45) is 5.93. The van der Waals surface area contributed by atoms with Gasteiger partial charge in [-0.25, -0.2) is 0 Å². The third-order valence-electron chi connectivity index (χ3n) is 5.86. The molecule has 0 bridgehead atoms. The first kappa shape index (κ1) is 18.8. The van der Waals surface area contributed by atoms with Crippen molar-refractivity contribution >= 4 is 16.8 Å². The van der Waals surface area contributed by atoms with Gasteiger partial charge in [0.15, 0.2) is 0 Å². The van der Waals surface area contributed by atoms with Crippen molar-refractivity contribution in [1.29, 1.82) is 0 Å². The van der Waals surface area contributed by atoms with E-state index in [1.165, 1.54) is 18.4 Å². The van der Waals surface area contributed by atoms with Gasteiger partial charge in [-0.3, -0.25) is 9.69 Å². The summed E-state index contributed by atoms with van der Waals surface area (Å²) in [5.74, 6) is 0.840. The standard InChI is InChI=1S/C24H29N3O/c28-24(16-21-17-26-23-9-5-4-8-22(21)23)25-13-10-19-11-14-27(15-12-19)18-20-6-2-1-3-7-20/h1-9,17,19,26H,10-16,18H2,(H,25,28). The molecule has 0 saturated carbocycles. The van der Waals surface area contributed by atoms with Gasteiger partial charge in [0.1, 0.15) is 0 Å². The van der Waals surface area contributed by atoms with Crippen LogP contribution in [0.15, 0.2) is 60.8 Å². The Bertz CT molecular complexity index is 894. The Hall–Kier alpha value is -2.59. The Morgan fingerprint density at radius 3 is 2.61 bits per heavy atom. The number of rotatable bonds is 7. The van der Waals surface area contributed by atoms with E-state index in [1.807, 2.05) is 24.4 Å². The lowest BCUT2D eigenvalue weighted by Crippen LogP contribution is -2.35. The molecule has 2 heterocycles. The fraction of sp³-hybridized carbons (Fsp3) is 0.375. The second-order valence-corrected chi connectivity index (χ2v) is 7.88. The van der Waals surface area contributed by atoms with E-state index >= 15 is 0 Å². The number of carbonyl (C=O) groups is 1. The quantitative estimate of drug-likeness (QED) is 0.652. The van der Waals surface area contributed by atoms with Crippen molar-refractivity contribution in [1.82, 2.24) is 15.2 Å². The average Bonchev–Trinajstić information content (AvgIpc) is 3.13. The third-order valence-corrected chi connectivity index (χ3v) is 5.86. The highest BCUT2D eigenvalue weighted by atomic mass is 16.1. The van der Waals surface area contributed by atoms with E-state index in [4.69, 9.17) is 0 Å². The maximum absolute atomic E-state index is 12.3. The molecule has 1 aliphatic rings. The summed E-state index contributed by atoms with van der Waals surface area (Å²) >= 11 is 0. The van der Waals surface area contributed by atoms with Gasteiger partial charge in [-0.05, 0) is 55.5 Å². The smallest absolute Gasteiger partial charge is 0.224 e. The molecule has 28 heavy (non-hydrogen) atoms. The summed E-state index contributed by atoms with van der Waals surface area (Å²) in [6, 6.07) is 18.8. The van der Waals surface area contributed by atoms with E-state index < -0.39 is 0 Å². The van der Waals surface area contributed by atoms with Gasteiger partial charge in [-0.15, -0.1) is 0 Å². The normalized spacial score (nSPS) is 15.7. The minimum Gasteiger partial charge on any atom is -0.361 e. The van der Waals surface area contributed by atoms with E-state index in [0.29, 0.717) is 6.42 Å². The molecular formula is C24H29N3O. The molecule has 0 spiro atoms. The summed E-state index contributed by atoms with van der Waals surface area (Å²) in [6.45, 7) is 4.14. The Balaban J connectivity index is 1.16. The number of hydrogen-bond acceptors (Lipinski definition) is 2. The fourth-order valence-electron chi connectivity index (χ4n) is 4.20. The average molecular weight is 376 g/mol. The lowest BCUT2D eigenvalue weighted by molar-refractivity contribution is -0.120. The van der Waals surface area contributed by atoms with Crippen LogP contribution in [0.3, 0.4) is 0 Å². The number of hydrogen-bond donors (Lipinski definition) is 2. The van der Waals surface area contributed by atoms with Gasteiger partial charge in [0.25, 0.3) is 0 Å². The summed E-state index contributed by atoms with van der Waals surface area (Å²) in [5.41, 5.74) is 3.56. The van der Waals surface area contributed by atoms with Crippen molar-refractivity contribution < 1.29 is 4.79 Å². The van der Waals surface area contributed by atoms with Crippen LogP contribution in [0.25, 0.3) is 10.9 Å². The molecule has 1 aliphatic heterocycles. The Morgan fingerprint density at radius 2 is 1.79 bits per heavy atom. The molecule has 2 N–H and O–H groups in total. The van der Waals surface area contributed by atoms with Crippen molar-refractivity contribution in [2.75, 3.05) is 19.6 Å². The molecule has 4 rings (SSSR count). The number of aromatic amines is 1. The van der Waals surface area contributed by atoms with Crippen molar-refractivity contribution in [2.24, 2.45) is 5.92 Å².